The Morgan fingerprint density at radius 3 is 2.86 bits per heavy atom. The van der Waals surface area contributed by atoms with Gasteiger partial charge < -0.3 is 14.8 Å². The Kier molecular flexibility index (Phi) is 4.29. The van der Waals surface area contributed by atoms with Crippen LogP contribution in [-0.4, -0.2) is 20.2 Å². The fourth-order valence-corrected chi connectivity index (χ4v) is 2.82. The van der Waals surface area contributed by atoms with Crippen molar-refractivity contribution in [1.82, 2.24) is 5.32 Å². The summed E-state index contributed by atoms with van der Waals surface area (Å²) < 4.78 is 25.7. The summed E-state index contributed by atoms with van der Waals surface area (Å²) in [5.74, 6) is 1.38. The fourth-order valence-electron chi connectivity index (χ4n) is 2.82. The number of ether oxygens (including phenoxy) is 2. The first kappa shape index (κ1) is 14.9. The molecule has 4 heteroatoms. The molecule has 0 amide bonds. The second-order valence-corrected chi connectivity index (χ2v) is 5.61. The molecule has 0 aliphatic carbocycles. The van der Waals surface area contributed by atoms with Crippen LogP contribution >= 0.6 is 0 Å². The summed E-state index contributed by atoms with van der Waals surface area (Å²) in [4.78, 5) is 0. The van der Waals surface area contributed by atoms with E-state index in [1.807, 2.05) is 38.2 Å². The van der Waals surface area contributed by atoms with Crippen molar-refractivity contribution in [3.05, 3.63) is 59.4 Å². The number of hydrogen-bond acceptors (Lipinski definition) is 3. The summed E-state index contributed by atoms with van der Waals surface area (Å²) in [7, 11) is 1.89. The molecule has 1 aliphatic rings. The molecule has 0 unspecified atom stereocenters. The van der Waals surface area contributed by atoms with E-state index in [4.69, 9.17) is 9.47 Å². The third-order valence-electron chi connectivity index (χ3n) is 3.97. The van der Waals surface area contributed by atoms with Gasteiger partial charge in [0.25, 0.3) is 0 Å². The number of fused-ring (bicyclic) bond motifs is 1. The quantitative estimate of drug-likeness (QED) is 0.938. The molecule has 2 aromatic rings. The van der Waals surface area contributed by atoms with Crippen molar-refractivity contribution in [3.8, 4) is 11.5 Å². The molecule has 0 saturated carbocycles. The van der Waals surface area contributed by atoms with E-state index < -0.39 is 0 Å². The minimum absolute atomic E-state index is 0.124. The van der Waals surface area contributed by atoms with E-state index in [9.17, 15) is 4.39 Å². The summed E-state index contributed by atoms with van der Waals surface area (Å²) in [5, 5.41) is 3.16. The van der Waals surface area contributed by atoms with Crippen LogP contribution in [0, 0.1) is 18.7 Å². The Morgan fingerprint density at radius 1 is 1.27 bits per heavy atom. The van der Waals surface area contributed by atoms with Crippen LogP contribution in [0.2, 0.25) is 0 Å². The van der Waals surface area contributed by atoms with E-state index in [1.54, 1.807) is 6.07 Å². The maximum absolute atomic E-state index is 13.7. The Hall–Kier alpha value is -2.07. The van der Waals surface area contributed by atoms with E-state index >= 15 is 0 Å². The molecule has 0 fully saturated rings. The van der Waals surface area contributed by atoms with Gasteiger partial charge in [0.15, 0.2) is 0 Å². The van der Waals surface area contributed by atoms with E-state index in [1.165, 1.54) is 12.1 Å². The van der Waals surface area contributed by atoms with Gasteiger partial charge in [0.1, 0.15) is 23.4 Å². The van der Waals surface area contributed by atoms with Gasteiger partial charge >= 0.3 is 0 Å². The van der Waals surface area contributed by atoms with Crippen molar-refractivity contribution in [2.24, 2.45) is 5.92 Å². The number of aryl methyl sites for hydroxylation is 1. The first-order chi connectivity index (χ1) is 10.7. The third kappa shape index (κ3) is 2.92. The second kappa shape index (κ2) is 6.36. The Labute approximate surface area is 130 Å². The topological polar surface area (TPSA) is 30.5 Å². The van der Waals surface area contributed by atoms with Gasteiger partial charge in [-0.1, -0.05) is 18.2 Å². The Bertz CT molecular complexity index is 659. The van der Waals surface area contributed by atoms with Crippen LogP contribution in [0.5, 0.6) is 11.5 Å². The molecule has 0 spiro atoms. The Balaban J connectivity index is 1.97. The van der Waals surface area contributed by atoms with Gasteiger partial charge in [-0.15, -0.1) is 0 Å². The molecule has 1 N–H and O–H groups in total. The SMILES string of the molecule is CNC[C@@H]1COc2ccc(F)cc2[C@H]1Oc1ccccc1C. The van der Waals surface area contributed by atoms with Crippen LogP contribution in [0.3, 0.4) is 0 Å². The zero-order valence-electron chi connectivity index (χ0n) is 12.8. The highest BCUT2D eigenvalue weighted by atomic mass is 19.1. The van der Waals surface area contributed by atoms with Gasteiger partial charge in [-0.2, -0.15) is 0 Å². The summed E-state index contributed by atoms with van der Waals surface area (Å²) in [6.45, 7) is 3.30. The van der Waals surface area contributed by atoms with Gasteiger partial charge in [-0.3, -0.25) is 0 Å². The van der Waals surface area contributed by atoms with Gasteiger partial charge in [-0.25, -0.2) is 4.39 Å². The van der Waals surface area contributed by atoms with Gasteiger partial charge in [0, 0.05) is 18.0 Å². The number of halogens is 1. The maximum atomic E-state index is 13.7. The van der Waals surface area contributed by atoms with Crippen molar-refractivity contribution in [2.75, 3.05) is 20.2 Å². The van der Waals surface area contributed by atoms with Gasteiger partial charge in [0.2, 0.25) is 0 Å². The van der Waals surface area contributed by atoms with Crippen LogP contribution in [0.15, 0.2) is 42.5 Å². The summed E-state index contributed by atoms with van der Waals surface area (Å²) >= 11 is 0. The van der Waals surface area contributed by atoms with Crippen LogP contribution in [-0.2, 0) is 0 Å². The molecule has 0 aromatic heterocycles. The van der Waals surface area contributed by atoms with E-state index in [0.717, 1.165) is 23.4 Å². The zero-order valence-corrected chi connectivity index (χ0v) is 12.8. The summed E-state index contributed by atoms with van der Waals surface area (Å²) in [5.41, 5.74) is 1.84. The number of nitrogens with one attached hydrogen (secondary N) is 1. The lowest BCUT2D eigenvalue weighted by Gasteiger charge is -2.34. The number of para-hydroxylation sites is 1. The lowest BCUT2D eigenvalue weighted by molar-refractivity contribution is 0.0695. The molecule has 1 aliphatic heterocycles. The van der Waals surface area contributed by atoms with Crippen LogP contribution in [0.4, 0.5) is 4.39 Å². The van der Waals surface area contributed by atoms with Gasteiger partial charge in [0.05, 0.1) is 6.61 Å². The van der Waals surface area contributed by atoms with E-state index in [2.05, 4.69) is 5.32 Å². The smallest absolute Gasteiger partial charge is 0.135 e. The lowest BCUT2D eigenvalue weighted by atomic mass is 9.92. The highest BCUT2D eigenvalue weighted by Gasteiger charge is 2.33. The number of benzene rings is 2. The number of rotatable bonds is 4. The minimum atomic E-state index is -0.272. The summed E-state index contributed by atoms with van der Waals surface area (Å²) in [6, 6.07) is 12.5. The average molecular weight is 301 g/mol. The Morgan fingerprint density at radius 2 is 2.09 bits per heavy atom. The standard InChI is InChI=1S/C18H20FNO2/c1-12-5-3-4-6-16(12)22-18-13(10-20-2)11-21-17-8-7-14(19)9-15(17)18/h3-9,13,18,20H,10-11H2,1-2H3/t13-,18+/m1/s1. The molecular weight excluding hydrogens is 281 g/mol. The van der Waals surface area contributed by atoms with E-state index in [-0.39, 0.29) is 17.8 Å². The van der Waals surface area contributed by atoms with Crippen LogP contribution < -0.4 is 14.8 Å². The van der Waals surface area contributed by atoms with Crippen molar-refractivity contribution in [3.63, 3.8) is 0 Å². The van der Waals surface area contributed by atoms with E-state index in [0.29, 0.717) is 12.4 Å². The molecule has 2 atom stereocenters. The van der Waals surface area contributed by atoms with Crippen LogP contribution in [0.25, 0.3) is 0 Å². The van der Waals surface area contributed by atoms with Crippen LogP contribution in [0.1, 0.15) is 17.2 Å². The highest BCUT2D eigenvalue weighted by Crippen LogP contribution is 2.39. The largest absolute Gasteiger partial charge is 0.493 e. The monoisotopic (exact) mass is 301 g/mol. The molecule has 0 bridgehead atoms. The third-order valence-corrected chi connectivity index (χ3v) is 3.97. The van der Waals surface area contributed by atoms with Crippen molar-refractivity contribution < 1.29 is 13.9 Å². The first-order valence-corrected chi connectivity index (χ1v) is 7.48. The molecule has 3 nitrogen and oxygen atoms in total. The average Bonchev–Trinajstić information content (AvgIpc) is 2.52. The maximum Gasteiger partial charge on any atom is 0.135 e. The lowest BCUT2D eigenvalue weighted by Crippen LogP contribution is -2.36. The zero-order chi connectivity index (χ0) is 15.5. The van der Waals surface area contributed by atoms with Gasteiger partial charge in [-0.05, 0) is 43.8 Å². The molecule has 3 rings (SSSR count). The predicted octanol–water partition coefficient (Wildman–Crippen LogP) is 3.48. The molecule has 22 heavy (non-hydrogen) atoms. The highest BCUT2D eigenvalue weighted by molar-refractivity contribution is 5.40. The molecule has 1 heterocycles. The second-order valence-electron chi connectivity index (χ2n) is 5.61. The predicted molar refractivity (Wildman–Crippen MR) is 83.9 cm³/mol. The van der Waals surface area contributed by atoms with Crippen molar-refractivity contribution in [2.45, 2.75) is 13.0 Å². The molecule has 0 radical (unpaired) electrons. The molecule has 116 valence electrons. The first-order valence-electron chi connectivity index (χ1n) is 7.48. The fraction of sp³-hybridized carbons (Fsp3) is 0.333. The normalized spacial score (nSPS) is 20.1. The van der Waals surface area contributed by atoms with Crippen molar-refractivity contribution >= 4 is 0 Å². The molecule has 2 aromatic carbocycles. The summed E-state index contributed by atoms with van der Waals surface area (Å²) in [6.07, 6.45) is -0.229. The molecular formula is C18H20FNO2. The minimum Gasteiger partial charge on any atom is -0.493 e. The molecule has 0 saturated heterocycles. The van der Waals surface area contributed by atoms with Crippen molar-refractivity contribution in [1.29, 1.82) is 0 Å². The number of hydrogen-bond donors (Lipinski definition) is 1.